The molecular weight excluding hydrogens is 214 g/mol. The molecule has 1 aromatic rings. The zero-order chi connectivity index (χ0) is 13.0. The summed E-state index contributed by atoms with van der Waals surface area (Å²) >= 11 is 0. The molecule has 1 unspecified atom stereocenters. The Hall–Kier alpha value is -1.42. The standard InChI is InChI=1S/C13H21N3O/c1-9(2)16(13(17)10(3)14)11(4)12-7-5-6-8-15-12/h5-11H,14H2,1-4H3/t10?,11-/m0/s1. The van der Waals surface area contributed by atoms with Crippen LogP contribution in [0, 0.1) is 0 Å². The van der Waals surface area contributed by atoms with E-state index in [2.05, 4.69) is 4.98 Å². The molecule has 0 aliphatic rings. The Morgan fingerprint density at radius 1 is 1.29 bits per heavy atom. The lowest BCUT2D eigenvalue weighted by Gasteiger charge is -2.33. The molecule has 2 N–H and O–H groups in total. The third kappa shape index (κ3) is 3.27. The van der Waals surface area contributed by atoms with Gasteiger partial charge in [0.1, 0.15) is 0 Å². The van der Waals surface area contributed by atoms with Gasteiger partial charge in [-0.2, -0.15) is 0 Å². The summed E-state index contributed by atoms with van der Waals surface area (Å²) in [6, 6.07) is 5.27. The minimum absolute atomic E-state index is 0.0434. The van der Waals surface area contributed by atoms with Crippen LogP contribution < -0.4 is 5.73 Å². The van der Waals surface area contributed by atoms with Crippen molar-refractivity contribution in [3.8, 4) is 0 Å². The van der Waals surface area contributed by atoms with Crippen LogP contribution in [0.1, 0.15) is 39.4 Å². The Morgan fingerprint density at radius 2 is 1.94 bits per heavy atom. The number of nitrogens with zero attached hydrogens (tertiary/aromatic N) is 2. The van der Waals surface area contributed by atoms with Crippen LogP contribution in [0.2, 0.25) is 0 Å². The third-order valence-corrected chi connectivity index (χ3v) is 2.73. The number of carbonyl (C=O) groups is 1. The van der Waals surface area contributed by atoms with Gasteiger partial charge in [-0.05, 0) is 39.8 Å². The summed E-state index contributed by atoms with van der Waals surface area (Å²) in [5.74, 6) is -0.0434. The highest BCUT2D eigenvalue weighted by Gasteiger charge is 2.26. The van der Waals surface area contributed by atoms with Crippen molar-refractivity contribution < 1.29 is 4.79 Å². The summed E-state index contributed by atoms with van der Waals surface area (Å²) in [7, 11) is 0. The molecule has 2 atom stereocenters. The molecule has 17 heavy (non-hydrogen) atoms. The maximum atomic E-state index is 12.1. The van der Waals surface area contributed by atoms with Gasteiger partial charge in [0.25, 0.3) is 0 Å². The van der Waals surface area contributed by atoms with Crippen molar-refractivity contribution in [2.24, 2.45) is 5.73 Å². The summed E-state index contributed by atoms with van der Waals surface area (Å²) in [5.41, 5.74) is 6.56. The summed E-state index contributed by atoms with van der Waals surface area (Å²) in [6.45, 7) is 7.66. The molecule has 1 amide bonds. The highest BCUT2D eigenvalue weighted by Crippen LogP contribution is 2.21. The van der Waals surface area contributed by atoms with Crippen molar-refractivity contribution in [2.75, 3.05) is 0 Å². The first-order valence-electron chi connectivity index (χ1n) is 5.93. The van der Waals surface area contributed by atoms with Crippen LogP contribution >= 0.6 is 0 Å². The molecule has 0 bridgehead atoms. The quantitative estimate of drug-likeness (QED) is 0.864. The lowest BCUT2D eigenvalue weighted by atomic mass is 10.1. The Kier molecular flexibility index (Phi) is 4.63. The second-order valence-electron chi connectivity index (χ2n) is 4.56. The van der Waals surface area contributed by atoms with Crippen LogP contribution in [-0.4, -0.2) is 27.9 Å². The van der Waals surface area contributed by atoms with Gasteiger partial charge in [-0.1, -0.05) is 6.07 Å². The van der Waals surface area contributed by atoms with Gasteiger partial charge in [0.2, 0.25) is 5.91 Å². The van der Waals surface area contributed by atoms with E-state index in [0.29, 0.717) is 0 Å². The predicted molar refractivity (Wildman–Crippen MR) is 68.3 cm³/mol. The van der Waals surface area contributed by atoms with E-state index in [9.17, 15) is 4.79 Å². The summed E-state index contributed by atoms with van der Waals surface area (Å²) in [4.78, 5) is 18.1. The zero-order valence-electron chi connectivity index (χ0n) is 10.9. The fraction of sp³-hybridized carbons (Fsp3) is 0.538. The molecule has 0 aliphatic carbocycles. The maximum Gasteiger partial charge on any atom is 0.239 e. The fourth-order valence-corrected chi connectivity index (χ4v) is 1.89. The molecule has 1 heterocycles. The van der Waals surface area contributed by atoms with Gasteiger partial charge in [-0.15, -0.1) is 0 Å². The Morgan fingerprint density at radius 3 is 2.35 bits per heavy atom. The third-order valence-electron chi connectivity index (χ3n) is 2.73. The Bertz CT molecular complexity index is 362. The molecule has 0 aromatic carbocycles. The summed E-state index contributed by atoms with van der Waals surface area (Å²) in [6.07, 6.45) is 1.74. The van der Waals surface area contributed by atoms with E-state index < -0.39 is 6.04 Å². The topological polar surface area (TPSA) is 59.2 Å². The molecular formula is C13H21N3O. The van der Waals surface area contributed by atoms with Crippen LogP contribution in [0.3, 0.4) is 0 Å². The molecule has 1 aromatic heterocycles. The van der Waals surface area contributed by atoms with Gasteiger partial charge >= 0.3 is 0 Å². The zero-order valence-corrected chi connectivity index (χ0v) is 10.9. The van der Waals surface area contributed by atoms with Crippen molar-refractivity contribution in [2.45, 2.75) is 45.8 Å². The summed E-state index contributed by atoms with van der Waals surface area (Å²) < 4.78 is 0. The molecule has 1 rings (SSSR count). The van der Waals surface area contributed by atoms with Crippen molar-refractivity contribution in [3.05, 3.63) is 30.1 Å². The van der Waals surface area contributed by atoms with Crippen molar-refractivity contribution in [1.82, 2.24) is 9.88 Å². The van der Waals surface area contributed by atoms with E-state index in [1.165, 1.54) is 0 Å². The smallest absolute Gasteiger partial charge is 0.239 e. The van der Waals surface area contributed by atoms with Gasteiger partial charge in [0.15, 0.2) is 0 Å². The SMILES string of the molecule is CC(N)C(=O)N(C(C)C)[C@@H](C)c1ccccn1. The van der Waals surface area contributed by atoms with E-state index in [-0.39, 0.29) is 18.0 Å². The molecule has 0 aliphatic heterocycles. The molecule has 0 radical (unpaired) electrons. The first-order valence-corrected chi connectivity index (χ1v) is 5.93. The number of nitrogens with two attached hydrogens (primary N) is 1. The molecule has 0 fully saturated rings. The van der Waals surface area contributed by atoms with Crippen molar-refractivity contribution in [1.29, 1.82) is 0 Å². The van der Waals surface area contributed by atoms with Gasteiger partial charge in [0, 0.05) is 12.2 Å². The second kappa shape index (κ2) is 5.77. The number of rotatable bonds is 4. The predicted octanol–water partition coefficient (Wildman–Crippen LogP) is 1.73. The van der Waals surface area contributed by atoms with Crippen LogP contribution in [0.5, 0.6) is 0 Å². The Balaban J connectivity index is 2.96. The van der Waals surface area contributed by atoms with Gasteiger partial charge in [-0.25, -0.2) is 0 Å². The van der Waals surface area contributed by atoms with Crippen LogP contribution in [0.15, 0.2) is 24.4 Å². The van der Waals surface area contributed by atoms with Crippen molar-refractivity contribution in [3.63, 3.8) is 0 Å². The van der Waals surface area contributed by atoms with Gasteiger partial charge < -0.3 is 10.6 Å². The van der Waals surface area contributed by atoms with E-state index in [0.717, 1.165) is 5.69 Å². The highest BCUT2D eigenvalue weighted by molar-refractivity contribution is 5.81. The number of hydrogen-bond acceptors (Lipinski definition) is 3. The number of pyridine rings is 1. The van der Waals surface area contributed by atoms with Crippen LogP contribution in [-0.2, 0) is 4.79 Å². The molecule has 0 spiro atoms. The monoisotopic (exact) mass is 235 g/mol. The first-order chi connectivity index (χ1) is 7.95. The summed E-state index contributed by atoms with van der Waals surface area (Å²) in [5, 5.41) is 0. The van der Waals surface area contributed by atoms with Crippen LogP contribution in [0.25, 0.3) is 0 Å². The van der Waals surface area contributed by atoms with E-state index in [4.69, 9.17) is 5.73 Å². The second-order valence-corrected chi connectivity index (χ2v) is 4.56. The van der Waals surface area contributed by atoms with Crippen molar-refractivity contribution >= 4 is 5.91 Å². The largest absolute Gasteiger partial charge is 0.331 e. The average molecular weight is 235 g/mol. The number of carbonyl (C=O) groups excluding carboxylic acids is 1. The molecule has 4 nitrogen and oxygen atoms in total. The first kappa shape index (κ1) is 13.6. The molecule has 0 saturated heterocycles. The fourth-order valence-electron chi connectivity index (χ4n) is 1.89. The van der Waals surface area contributed by atoms with Crippen LogP contribution in [0.4, 0.5) is 0 Å². The van der Waals surface area contributed by atoms with Gasteiger partial charge in [-0.3, -0.25) is 9.78 Å². The Labute approximate surface area is 103 Å². The normalized spacial score (nSPS) is 14.5. The van der Waals surface area contributed by atoms with E-state index in [1.54, 1.807) is 18.0 Å². The highest BCUT2D eigenvalue weighted by atomic mass is 16.2. The minimum atomic E-state index is -0.483. The molecule has 94 valence electrons. The number of hydrogen-bond donors (Lipinski definition) is 1. The minimum Gasteiger partial charge on any atom is -0.331 e. The number of amides is 1. The number of aromatic nitrogens is 1. The molecule has 4 heteroatoms. The lowest BCUT2D eigenvalue weighted by Crippen LogP contribution is -2.46. The van der Waals surface area contributed by atoms with E-state index in [1.807, 2.05) is 39.0 Å². The van der Waals surface area contributed by atoms with Gasteiger partial charge in [0.05, 0.1) is 17.8 Å². The lowest BCUT2D eigenvalue weighted by molar-refractivity contribution is -0.136. The molecule has 0 saturated carbocycles. The maximum absolute atomic E-state index is 12.1. The average Bonchev–Trinajstić information content (AvgIpc) is 2.29. The van der Waals surface area contributed by atoms with E-state index >= 15 is 0 Å².